The van der Waals surface area contributed by atoms with E-state index in [1.807, 2.05) is 11.0 Å². The monoisotopic (exact) mass is 390 g/mol. The largest absolute Gasteiger partial charge is 0.364 e. The Labute approximate surface area is 163 Å². The van der Waals surface area contributed by atoms with Crippen molar-refractivity contribution in [1.82, 2.24) is 14.7 Å². The van der Waals surface area contributed by atoms with E-state index in [2.05, 4.69) is 23.8 Å². The fraction of sp³-hybridized carbons (Fsp3) is 0.500. The third kappa shape index (κ3) is 2.90. The number of benzene rings is 1. The molecule has 0 radical (unpaired) electrons. The van der Waals surface area contributed by atoms with Gasteiger partial charge in [0.2, 0.25) is 0 Å². The SMILES string of the molecule is Cn1ncc(Cl)c1C(=O)N1CCCC12CN(c1cccc(F)c1)C(C)(C)C2. The number of hydrogen-bond donors (Lipinski definition) is 0. The number of amides is 1. The topological polar surface area (TPSA) is 41.4 Å². The molecule has 3 heterocycles. The van der Waals surface area contributed by atoms with E-state index >= 15 is 0 Å². The molecule has 1 aromatic carbocycles. The van der Waals surface area contributed by atoms with Crippen LogP contribution in [0.1, 0.15) is 43.6 Å². The third-order valence-corrected chi connectivity index (χ3v) is 6.28. The maximum atomic E-state index is 13.8. The van der Waals surface area contributed by atoms with Gasteiger partial charge in [0.1, 0.15) is 11.5 Å². The van der Waals surface area contributed by atoms with Crippen LogP contribution in [0.15, 0.2) is 30.5 Å². The van der Waals surface area contributed by atoms with E-state index in [1.54, 1.807) is 23.9 Å². The summed E-state index contributed by atoms with van der Waals surface area (Å²) in [6.07, 6.45) is 4.23. The highest BCUT2D eigenvalue weighted by Gasteiger charge is 2.55. The highest BCUT2D eigenvalue weighted by molar-refractivity contribution is 6.33. The van der Waals surface area contributed by atoms with Crippen molar-refractivity contribution < 1.29 is 9.18 Å². The minimum atomic E-state index is -0.277. The maximum absolute atomic E-state index is 13.8. The normalized spacial score (nSPS) is 24.2. The summed E-state index contributed by atoms with van der Waals surface area (Å²) in [5.41, 5.74) is 0.822. The van der Waals surface area contributed by atoms with E-state index < -0.39 is 0 Å². The Morgan fingerprint density at radius 3 is 2.78 bits per heavy atom. The van der Waals surface area contributed by atoms with Gasteiger partial charge in [-0.2, -0.15) is 5.10 Å². The minimum absolute atomic E-state index is 0.0746. The van der Waals surface area contributed by atoms with Gasteiger partial charge in [0, 0.05) is 31.4 Å². The van der Waals surface area contributed by atoms with Crippen LogP contribution in [-0.4, -0.2) is 44.8 Å². The summed E-state index contributed by atoms with van der Waals surface area (Å²) >= 11 is 6.23. The van der Waals surface area contributed by atoms with Crippen molar-refractivity contribution in [3.63, 3.8) is 0 Å². The van der Waals surface area contributed by atoms with Gasteiger partial charge < -0.3 is 9.80 Å². The van der Waals surface area contributed by atoms with Crippen molar-refractivity contribution in [3.8, 4) is 0 Å². The molecule has 1 unspecified atom stereocenters. The van der Waals surface area contributed by atoms with Gasteiger partial charge in [-0.05, 0) is 51.3 Å². The van der Waals surface area contributed by atoms with Crippen molar-refractivity contribution >= 4 is 23.2 Å². The molecule has 2 fully saturated rings. The molecule has 144 valence electrons. The highest BCUT2D eigenvalue weighted by atomic mass is 35.5. The Hall–Kier alpha value is -2.08. The summed E-state index contributed by atoms with van der Waals surface area (Å²) in [6, 6.07) is 6.69. The molecular formula is C20H24ClFN4O. The first-order valence-electron chi connectivity index (χ1n) is 9.26. The molecule has 2 aliphatic heterocycles. The van der Waals surface area contributed by atoms with Crippen LogP contribution in [0.3, 0.4) is 0 Å². The fourth-order valence-electron chi connectivity index (χ4n) is 4.93. The molecule has 0 saturated carbocycles. The summed E-state index contributed by atoms with van der Waals surface area (Å²) < 4.78 is 15.3. The van der Waals surface area contributed by atoms with Gasteiger partial charge in [-0.3, -0.25) is 9.48 Å². The van der Waals surface area contributed by atoms with E-state index in [4.69, 9.17) is 11.6 Å². The molecular weight excluding hydrogens is 367 g/mol. The second-order valence-electron chi connectivity index (χ2n) is 8.30. The molecule has 1 aromatic heterocycles. The number of carbonyl (C=O) groups is 1. The first-order valence-corrected chi connectivity index (χ1v) is 9.64. The fourth-order valence-corrected chi connectivity index (χ4v) is 5.18. The van der Waals surface area contributed by atoms with Crippen LogP contribution in [0, 0.1) is 5.82 Å². The number of nitrogens with zero attached hydrogens (tertiary/aromatic N) is 4. The van der Waals surface area contributed by atoms with Gasteiger partial charge in [-0.1, -0.05) is 17.7 Å². The number of carbonyl (C=O) groups excluding carboxylic acids is 1. The van der Waals surface area contributed by atoms with Crippen LogP contribution in [0.5, 0.6) is 0 Å². The van der Waals surface area contributed by atoms with E-state index in [0.717, 1.165) is 24.9 Å². The number of aryl methyl sites for hydroxylation is 1. The number of halogens is 2. The highest BCUT2D eigenvalue weighted by Crippen LogP contribution is 2.47. The quantitative estimate of drug-likeness (QED) is 0.781. The van der Waals surface area contributed by atoms with Crippen LogP contribution < -0.4 is 4.90 Å². The summed E-state index contributed by atoms with van der Waals surface area (Å²) in [5.74, 6) is -0.320. The Morgan fingerprint density at radius 2 is 2.11 bits per heavy atom. The number of likely N-dealkylation sites (tertiary alicyclic amines) is 1. The maximum Gasteiger partial charge on any atom is 0.274 e. The molecule has 5 nitrogen and oxygen atoms in total. The molecule has 27 heavy (non-hydrogen) atoms. The van der Waals surface area contributed by atoms with Gasteiger partial charge in [-0.15, -0.1) is 0 Å². The predicted molar refractivity (Wildman–Crippen MR) is 104 cm³/mol. The standard InChI is InChI=1S/C20H24ClFN4O/c1-19(2)12-20(13-26(19)15-7-4-6-14(22)10-15)8-5-9-25(20)18(27)17-16(21)11-23-24(17)3/h4,6-7,10-11H,5,8-9,12-13H2,1-3H3. The lowest BCUT2D eigenvalue weighted by Crippen LogP contribution is -2.49. The van der Waals surface area contributed by atoms with Crippen LogP contribution >= 0.6 is 11.6 Å². The van der Waals surface area contributed by atoms with Crippen molar-refractivity contribution in [2.24, 2.45) is 7.05 Å². The summed E-state index contributed by atoms with van der Waals surface area (Å²) in [7, 11) is 1.74. The summed E-state index contributed by atoms with van der Waals surface area (Å²) in [5, 5.41) is 4.49. The van der Waals surface area contributed by atoms with Gasteiger partial charge >= 0.3 is 0 Å². The first kappa shape index (κ1) is 18.3. The lowest BCUT2D eigenvalue weighted by molar-refractivity contribution is 0.0606. The van der Waals surface area contributed by atoms with E-state index in [0.29, 0.717) is 23.8 Å². The Bertz CT molecular complexity index is 876. The van der Waals surface area contributed by atoms with Crippen molar-refractivity contribution in [1.29, 1.82) is 0 Å². The summed E-state index contributed by atoms with van der Waals surface area (Å²) in [4.78, 5) is 17.5. The molecule has 2 aliphatic rings. The number of anilines is 1. The Morgan fingerprint density at radius 1 is 1.33 bits per heavy atom. The first-order chi connectivity index (χ1) is 12.7. The average molecular weight is 391 g/mol. The molecule has 1 spiro atoms. The van der Waals surface area contributed by atoms with E-state index in [9.17, 15) is 9.18 Å². The number of hydrogen-bond acceptors (Lipinski definition) is 3. The number of aromatic nitrogens is 2. The molecule has 2 aromatic rings. The zero-order chi connectivity index (χ0) is 19.4. The zero-order valence-corrected chi connectivity index (χ0v) is 16.6. The Kier molecular flexibility index (Phi) is 4.22. The van der Waals surface area contributed by atoms with Crippen molar-refractivity contribution in [2.75, 3.05) is 18.0 Å². The molecule has 0 N–H and O–H groups in total. The number of rotatable bonds is 2. The second kappa shape index (κ2) is 6.23. The van der Waals surface area contributed by atoms with Crippen LogP contribution in [0.2, 0.25) is 5.02 Å². The third-order valence-electron chi connectivity index (χ3n) is 6.00. The minimum Gasteiger partial charge on any atom is -0.364 e. The second-order valence-corrected chi connectivity index (χ2v) is 8.71. The predicted octanol–water partition coefficient (Wildman–Crippen LogP) is 3.88. The molecule has 4 rings (SSSR count). The lowest BCUT2D eigenvalue weighted by Gasteiger charge is -2.35. The van der Waals surface area contributed by atoms with Gasteiger partial charge in [0.25, 0.3) is 5.91 Å². The molecule has 0 bridgehead atoms. The van der Waals surface area contributed by atoms with Crippen molar-refractivity contribution in [3.05, 3.63) is 47.0 Å². The van der Waals surface area contributed by atoms with Gasteiger partial charge in [0.05, 0.1) is 16.8 Å². The van der Waals surface area contributed by atoms with Crippen LogP contribution in [0.25, 0.3) is 0 Å². The Balaban J connectivity index is 1.69. The van der Waals surface area contributed by atoms with E-state index in [-0.39, 0.29) is 22.8 Å². The molecule has 0 aliphatic carbocycles. The smallest absolute Gasteiger partial charge is 0.274 e. The molecule has 7 heteroatoms. The van der Waals surface area contributed by atoms with Gasteiger partial charge in [-0.25, -0.2) is 4.39 Å². The van der Waals surface area contributed by atoms with E-state index in [1.165, 1.54) is 12.3 Å². The molecule has 1 amide bonds. The van der Waals surface area contributed by atoms with Gasteiger partial charge in [0.15, 0.2) is 0 Å². The van der Waals surface area contributed by atoms with Crippen LogP contribution in [-0.2, 0) is 7.05 Å². The lowest BCUT2D eigenvalue weighted by atomic mass is 9.87. The molecule has 1 atom stereocenters. The van der Waals surface area contributed by atoms with Crippen LogP contribution in [0.4, 0.5) is 10.1 Å². The zero-order valence-electron chi connectivity index (χ0n) is 15.9. The summed E-state index contributed by atoms with van der Waals surface area (Å²) in [6.45, 7) is 5.70. The average Bonchev–Trinajstić information content (AvgIpc) is 3.23. The molecule has 2 saturated heterocycles. The van der Waals surface area contributed by atoms with Crippen molar-refractivity contribution in [2.45, 2.75) is 44.2 Å².